The van der Waals surface area contributed by atoms with E-state index in [1.54, 1.807) is 16.7 Å². The number of nitrogens with one attached hydrogen (secondary N) is 1. The number of aromatic amines is 1. The van der Waals surface area contributed by atoms with E-state index in [1.807, 2.05) is 18.2 Å². The van der Waals surface area contributed by atoms with Crippen LogP contribution in [0.15, 0.2) is 45.7 Å². The first-order valence-corrected chi connectivity index (χ1v) is 7.07. The number of nitrogens with zero attached hydrogens (tertiary/aromatic N) is 1. The fraction of sp³-hybridized carbons (Fsp3) is 0.0714. The summed E-state index contributed by atoms with van der Waals surface area (Å²) in [5.41, 5.74) is 1.89. The predicted octanol–water partition coefficient (Wildman–Crippen LogP) is 3.50. The third-order valence-corrected chi connectivity index (χ3v) is 3.83. The smallest absolute Gasteiger partial charge is 0.326 e. The Labute approximate surface area is 127 Å². The van der Waals surface area contributed by atoms with Crippen LogP contribution in [0.25, 0.3) is 11.0 Å². The third-order valence-electron chi connectivity index (χ3n) is 3.11. The van der Waals surface area contributed by atoms with E-state index in [0.29, 0.717) is 10.6 Å². The van der Waals surface area contributed by atoms with Crippen molar-refractivity contribution in [2.45, 2.75) is 6.54 Å². The van der Waals surface area contributed by atoms with Crippen molar-refractivity contribution in [3.8, 4) is 5.75 Å². The average molecular weight is 354 g/mol. The molecule has 2 N–H and O–H groups in total. The molecule has 3 aromatic rings. The lowest BCUT2D eigenvalue weighted by Crippen LogP contribution is -2.17. The zero-order valence-electron chi connectivity index (χ0n) is 10.2. The number of fused-ring (bicyclic) bond motifs is 1. The van der Waals surface area contributed by atoms with Gasteiger partial charge in [0.2, 0.25) is 0 Å². The molecule has 0 atom stereocenters. The molecule has 0 saturated heterocycles. The molecule has 0 aliphatic heterocycles. The van der Waals surface area contributed by atoms with Crippen LogP contribution in [0.1, 0.15) is 5.56 Å². The highest BCUT2D eigenvalue weighted by atomic mass is 79.9. The van der Waals surface area contributed by atoms with E-state index in [2.05, 4.69) is 20.9 Å². The zero-order valence-corrected chi connectivity index (χ0v) is 12.6. The van der Waals surface area contributed by atoms with E-state index < -0.39 is 0 Å². The summed E-state index contributed by atoms with van der Waals surface area (Å²) in [6, 6.07) is 10.3. The van der Waals surface area contributed by atoms with Crippen molar-refractivity contribution in [1.82, 2.24) is 9.55 Å². The molecule has 0 aliphatic carbocycles. The number of halogens is 2. The van der Waals surface area contributed by atoms with Gasteiger partial charge in [-0.15, -0.1) is 0 Å². The number of aromatic nitrogens is 2. The minimum atomic E-state index is -0.225. The molecule has 20 heavy (non-hydrogen) atoms. The van der Waals surface area contributed by atoms with Crippen LogP contribution in [-0.4, -0.2) is 14.7 Å². The maximum atomic E-state index is 12.0. The Morgan fingerprint density at radius 1 is 1.25 bits per heavy atom. The molecular weight excluding hydrogens is 344 g/mol. The molecular formula is C14H10BrClN2O2. The fourth-order valence-electron chi connectivity index (χ4n) is 2.14. The van der Waals surface area contributed by atoms with Gasteiger partial charge in [0, 0.05) is 15.1 Å². The molecule has 0 bridgehead atoms. The number of imidazole rings is 1. The van der Waals surface area contributed by atoms with Crippen molar-refractivity contribution >= 4 is 38.6 Å². The molecule has 0 unspecified atom stereocenters. The molecule has 0 spiro atoms. The van der Waals surface area contributed by atoms with Gasteiger partial charge in [0.15, 0.2) is 0 Å². The van der Waals surface area contributed by atoms with E-state index in [-0.39, 0.29) is 18.0 Å². The molecule has 0 amide bonds. The first-order valence-electron chi connectivity index (χ1n) is 5.90. The monoisotopic (exact) mass is 352 g/mol. The van der Waals surface area contributed by atoms with E-state index in [0.717, 1.165) is 15.5 Å². The van der Waals surface area contributed by atoms with Gasteiger partial charge in [-0.2, -0.15) is 0 Å². The molecule has 0 fully saturated rings. The second kappa shape index (κ2) is 5.00. The number of aromatic hydroxyl groups is 1. The van der Waals surface area contributed by atoms with Crippen LogP contribution in [0.2, 0.25) is 5.02 Å². The Morgan fingerprint density at radius 3 is 2.85 bits per heavy atom. The summed E-state index contributed by atoms with van der Waals surface area (Å²) < 4.78 is 2.46. The maximum absolute atomic E-state index is 12.0. The highest BCUT2D eigenvalue weighted by Gasteiger charge is 2.10. The van der Waals surface area contributed by atoms with Crippen LogP contribution in [0.3, 0.4) is 0 Å². The predicted molar refractivity (Wildman–Crippen MR) is 82.5 cm³/mol. The Morgan fingerprint density at radius 2 is 2.05 bits per heavy atom. The summed E-state index contributed by atoms with van der Waals surface area (Å²) in [6.07, 6.45) is 0. The van der Waals surface area contributed by atoms with Gasteiger partial charge in [-0.3, -0.25) is 4.57 Å². The lowest BCUT2D eigenvalue weighted by molar-refractivity contribution is 0.466. The first kappa shape index (κ1) is 13.3. The van der Waals surface area contributed by atoms with E-state index in [4.69, 9.17) is 11.6 Å². The number of hydrogen-bond donors (Lipinski definition) is 2. The normalized spacial score (nSPS) is 11.1. The summed E-state index contributed by atoms with van der Waals surface area (Å²) in [6.45, 7) is 0.257. The summed E-state index contributed by atoms with van der Waals surface area (Å²) in [7, 11) is 0. The van der Waals surface area contributed by atoms with Gasteiger partial charge >= 0.3 is 5.69 Å². The highest BCUT2D eigenvalue weighted by molar-refractivity contribution is 9.10. The Kier molecular flexibility index (Phi) is 3.31. The molecule has 0 aliphatic rings. The molecule has 0 radical (unpaired) electrons. The molecule has 3 rings (SSSR count). The van der Waals surface area contributed by atoms with Crippen LogP contribution in [0.4, 0.5) is 0 Å². The minimum absolute atomic E-state index is 0.118. The van der Waals surface area contributed by atoms with Crippen LogP contribution in [0.5, 0.6) is 5.75 Å². The Bertz CT molecular complexity index is 854. The van der Waals surface area contributed by atoms with Crippen LogP contribution < -0.4 is 5.69 Å². The van der Waals surface area contributed by atoms with Gasteiger partial charge in [0.1, 0.15) is 5.75 Å². The number of H-pyrrole nitrogens is 1. The van der Waals surface area contributed by atoms with E-state index >= 15 is 0 Å². The Hall–Kier alpha value is -1.72. The molecule has 1 heterocycles. The second-order valence-electron chi connectivity index (χ2n) is 4.45. The maximum Gasteiger partial charge on any atom is 0.326 e. The van der Waals surface area contributed by atoms with Crippen LogP contribution >= 0.6 is 27.5 Å². The summed E-state index contributed by atoms with van der Waals surface area (Å²) in [5.74, 6) is 0.118. The minimum Gasteiger partial charge on any atom is -0.508 e. The standard InChI is InChI=1S/C14H10BrClN2O2/c15-9-1-3-12-11(6-9)17-14(20)18(12)7-8-5-10(16)2-4-13(8)19/h1-6,19H,7H2,(H,17,20). The van der Waals surface area contributed by atoms with Crippen LogP contribution in [0, 0.1) is 0 Å². The van der Waals surface area contributed by atoms with Gasteiger partial charge in [0.25, 0.3) is 0 Å². The lowest BCUT2D eigenvalue weighted by atomic mass is 10.2. The molecule has 1 aromatic heterocycles. The van der Waals surface area contributed by atoms with E-state index in [1.165, 1.54) is 6.07 Å². The van der Waals surface area contributed by atoms with Crippen molar-refractivity contribution in [3.63, 3.8) is 0 Å². The SMILES string of the molecule is O=c1[nH]c2cc(Br)ccc2n1Cc1cc(Cl)ccc1O. The fourth-order valence-corrected chi connectivity index (χ4v) is 2.70. The first-order chi connectivity index (χ1) is 9.54. The summed E-state index contributed by atoms with van der Waals surface area (Å²) in [5, 5.41) is 10.4. The molecule has 6 heteroatoms. The number of phenolic OH excluding ortho intramolecular Hbond substituents is 1. The van der Waals surface area contributed by atoms with Crippen molar-refractivity contribution in [2.75, 3.05) is 0 Å². The largest absolute Gasteiger partial charge is 0.508 e. The average Bonchev–Trinajstić information content (AvgIpc) is 2.69. The Balaban J connectivity index is 2.13. The van der Waals surface area contributed by atoms with Gasteiger partial charge < -0.3 is 10.1 Å². The van der Waals surface area contributed by atoms with E-state index in [9.17, 15) is 9.90 Å². The number of hydrogen-bond acceptors (Lipinski definition) is 2. The molecule has 2 aromatic carbocycles. The molecule has 0 saturated carbocycles. The van der Waals surface area contributed by atoms with Gasteiger partial charge in [-0.05, 0) is 36.4 Å². The summed E-state index contributed by atoms with van der Waals surface area (Å²) >= 11 is 9.29. The number of phenols is 1. The highest BCUT2D eigenvalue weighted by Crippen LogP contribution is 2.24. The second-order valence-corrected chi connectivity index (χ2v) is 5.80. The lowest BCUT2D eigenvalue weighted by Gasteiger charge is -2.06. The van der Waals surface area contributed by atoms with Crippen molar-refractivity contribution in [3.05, 3.63) is 61.9 Å². The zero-order chi connectivity index (χ0) is 14.3. The number of benzene rings is 2. The quantitative estimate of drug-likeness (QED) is 0.741. The van der Waals surface area contributed by atoms with Crippen molar-refractivity contribution in [1.29, 1.82) is 0 Å². The topological polar surface area (TPSA) is 58.0 Å². The third kappa shape index (κ3) is 2.34. The van der Waals surface area contributed by atoms with Crippen LogP contribution in [-0.2, 0) is 6.54 Å². The molecule has 102 valence electrons. The van der Waals surface area contributed by atoms with Crippen molar-refractivity contribution in [2.24, 2.45) is 0 Å². The summed E-state index contributed by atoms with van der Waals surface area (Å²) in [4.78, 5) is 14.8. The van der Waals surface area contributed by atoms with Gasteiger partial charge in [-0.25, -0.2) is 4.79 Å². The molecule has 4 nitrogen and oxygen atoms in total. The number of rotatable bonds is 2. The van der Waals surface area contributed by atoms with Gasteiger partial charge in [-0.1, -0.05) is 27.5 Å². The van der Waals surface area contributed by atoms with Gasteiger partial charge in [0.05, 0.1) is 17.6 Å². The van der Waals surface area contributed by atoms with Crippen molar-refractivity contribution < 1.29 is 5.11 Å².